The second-order valence-electron chi connectivity index (χ2n) is 15.7. The molecule has 62 heavy (non-hydrogen) atoms. The van der Waals surface area contributed by atoms with Gasteiger partial charge in [-0.2, -0.15) is 0 Å². The largest absolute Gasteiger partial charge is 0.311 e. The molecule has 292 valence electrons. The molecule has 0 aromatic heterocycles. The van der Waals surface area contributed by atoms with E-state index in [1.54, 1.807) is 0 Å². The first-order chi connectivity index (χ1) is 30.8. The summed E-state index contributed by atoms with van der Waals surface area (Å²) in [6.45, 7) is 0. The van der Waals surface area contributed by atoms with Gasteiger partial charge in [0.1, 0.15) is 0 Å². The molecule has 0 spiro atoms. The van der Waals surface area contributed by atoms with Gasteiger partial charge in [-0.3, -0.25) is 0 Å². The van der Waals surface area contributed by atoms with Gasteiger partial charge in [0.15, 0.2) is 0 Å². The number of hydrogen-bond acceptors (Lipinski definition) is 2. The highest BCUT2D eigenvalue weighted by atomic mass is 15.2. The maximum atomic E-state index is 2.40. The number of hydrogen-bond donors (Lipinski definition) is 0. The summed E-state index contributed by atoms with van der Waals surface area (Å²) in [4.78, 5) is 4.67. The van der Waals surface area contributed by atoms with Gasteiger partial charge in [-0.15, -0.1) is 0 Å². The van der Waals surface area contributed by atoms with Crippen molar-refractivity contribution < 1.29 is 0 Å². The molecule has 0 amide bonds. The van der Waals surface area contributed by atoms with Gasteiger partial charge in [-0.05, 0) is 145 Å². The van der Waals surface area contributed by atoms with Crippen LogP contribution < -0.4 is 9.80 Å². The van der Waals surface area contributed by atoms with Gasteiger partial charge in [0, 0.05) is 34.1 Å². The van der Waals surface area contributed by atoms with E-state index in [9.17, 15) is 0 Å². The average Bonchev–Trinajstić information content (AvgIpc) is 3.35. The molecule has 0 unspecified atom stereocenters. The molecule has 11 aromatic carbocycles. The van der Waals surface area contributed by atoms with E-state index in [2.05, 4.69) is 265 Å². The molecule has 0 aliphatic heterocycles. The normalized spacial score (nSPS) is 11.2. The average molecular weight is 791 g/mol. The Morgan fingerprint density at radius 3 is 1.11 bits per heavy atom. The number of para-hydroxylation sites is 2. The molecule has 0 bridgehead atoms. The topological polar surface area (TPSA) is 6.48 Å². The van der Waals surface area contributed by atoms with Crippen LogP contribution in [0.15, 0.2) is 255 Å². The lowest BCUT2D eigenvalue weighted by Crippen LogP contribution is -2.12. The monoisotopic (exact) mass is 790 g/mol. The smallest absolute Gasteiger partial charge is 0.0468 e. The number of nitrogens with zero attached hydrogens (tertiary/aromatic N) is 2. The zero-order valence-corrected chi connectivity index (χ0v) is 34.1. The lowest BCUT2D eigenvalue weighted by Gasteiger charge is -2.28. The number of rotatable bonds is 9. The van der Waals surface area contributed by atoms with E-state index >= 15 is 0 Å². The van der Waals surface area contributed by atoms with Crippen molar-refractivity contribution in [2.75, 3.05) is 9.80 Å². The number of anilines is 6. The van der Waals surface area contributed by atoms with Gasteiger partial charge in [0.25, 0.3) is 0 Å². The molecule has 2 nitrogen and oxygen atoms in total. The van der Waals surface area contributed by atoms with Crippen molar-refractivity contribution in [2.45, 2.75) is 0 Å². The molecule has 0 saturated carbocycles. The zero-order valence-electron chi connectivity index (χ0n) is 34.1. The summed E-state index contributed by atoms with van der Waals surface area (Å²) >= 11 is 0. The molecule has 0 radical (unpaired) electrons. The third kappa shape index (κ3) is 6.84. The predicted octanol–water partition coefficient (Wildman–Crippen LogP) is 17.1. The van der Waals surface area contributed by atoms with Gasteiger partial charge >= 0.3 is 0 Å². The van der Waals surface area contributed by atoms with Crippen LogP contribution in [-0.4, -0.2) is 0 Å². The van der Waals surface area contributed by atoms with Gasteiger partial charge < -0.3 is 9.80 Å². The fourth-order valence-electron chi connectivity index (χ4n) is 9.11. The summed E-state index contributed by atoms with van der Waals surface area (Å²) in [6, 6.07) is 92.0. The summed E-state index contributed by atoms with van der Waals surface area (Å²) in [5.74, 6) is 0. The Hall–Kier alpha value is -8.20. The molecule has 0 aliphatic carbocycles. The molecular formula is C60H42N2. The third-order valence-electron chi connectivity index (χ3n) is 12.0. The highest BCUT2D eigenvalue weighted by molar-refractivity contribution is 6.22. The first-order valence-corrected chi connectivity index (χ1v) is 21.3. The van der Waals surface area contributed by atoms with Gasteiger partial charge in [-0.25, -0.2) is 0 Å². The Bertz CT molecular complexity index is 3310. The first kappa shape index (κ1) is 36.8. The van der Waals surface area contributed by atoms with Crippen LogP contribution in [0.4, 0.5) is 34.1 Å². The molecule has 11 aromatic rings. The summed E-state index contributed by atoms with van der Waals surface area (Å²) < 4.78 is 0. The van der Waals surface area contributed by atoms with Gasteiger partial charge in [-0.1, -0.05) is 176 Å². The van der Waals surface area contributed by atoms with E-state index < -0.39 is 0 Å². The fourth-order valence-corrected chi connectivity index (χ4v) is 9.11. The van der Waals surface area contributed by atoms with Crippen LogP contribution in [0.1, 0.15) is 0 Å². The Morgan fingerprint density at radius 2 is 0.565 bits per heavy atom. The van der Waals surface area contributed by atoms with E-state index in [-0.39, 0.29) is 0 Å². The minimum Gasteiger partial charge on any atom is -0.311 e. The molecule has 11 rings (SSSR count). The van der Waals surface area contributed by atoms with Crippen LogP contribution in [0.25, 0.3) is 65.7 Å². The highest BCUT2D eigenvalue weighted by Crippen LogP contribution is 2.45. The predicted molar refractivity (Wildman–Crippen MR) is 265 cm³/mol. The van der Waals surface area contributed by atoms with Crippen LogP contribution in [0.3, 0.4) is 0 Å². The zero-order chi connectivity index (χ0) is 41.2. The van der Waals surface area contributed by atoms with Crippen LogP contribution in [0.2, 0.25) is 0 Å². The summed E-state index contributed by atoms with van der Waals surface area (Å²) in [7, 11) is 0. The van der Waals surface area contributed by atoms with Crippen molar-refractivity contribution in [2.24, 2.45) is 0 Å². The van der Waals surface area contributed by atoms with Crippen molar-refractivity contribution >= 4 is 66.4 Å². The Morgan fingerprint density at radius 1 is 0.194 bits per heavy atom. The molecule has 0 heterocycles. The SMILES string of the molecule is c1ccc(-c2c3ccccc3c(-c3ccccc3)c3cc(-c4ccc(N(c5ccccc5)c5ccc(N(c6ccccc6)c6ccc7ccccc7c6)cc5)cc4)ccc23)cc1. The summed E-state index contributed by atoms with van der Waals surface area (Å²) in [5, 5.41) is 7.46. The standard InChI is InChI=1S/C60H42N2/c1-5-18-45(19-6-1)59-55-27-15-16-28-56(55)60(46-20-7-2-8-21-46)58-42-48(32-40-57(58)59)44-29-33-51(34-30-44)61(49-23-9-3-10-24-49)52-36-38-53(39-37-52)62(50-25-11-4-12-26-50)54-35-31-43-17-13-14-22-47(43)41-54/h1-42H. The van der Waals surface area contributed by atoms with E-state index in [4.69, 9.17) is 0 Å². The lowest BCUT2D eigenvalue weighted by molar-refractivity contribution is 1.26. The van der Waals surface area contributed by atoms with E-state index in [0.717, 1.165) is 34.1 Å². The van der Waals surface area contributed by atoms with Crippen molar-refractivity contribution in [1.82, 2.24) is 0 Å². The van der Waals surface area contributed by atoms with Crippen LogP contribution in [0.5, 0.6) is 0 Å². The first-order valence-electron chi connectivity index (χ1n) is 21.3. The summed E-state index contributed by atoms with van der Waals surface area (Å²) in [5.41, 5.74) is 13.9. The molecule has 0 atom stereocenters. The fraction of sp³-hybridized carbons (Fsp3) is 0. The Labute approximate surface area is 362 Å². The molecule has 0 N–H and O–H groups in total. The second-order valence-corrected chi connectivity index (χ2v) is 15.7. The van der Waals surface area contributed by atoms with Crippen molar-refractivity contribution in [3.63, 3.8) is 0 Å². The van der Waals surface area contributed by atoms with E-state index in [0.29, 0.717) is 0 Å². The van der Waals surface area contributed by atoms with Gasteiger partial charge in [0.05, 0.1) is 0 Å². The second kappa shape index (κ2) is 16.1. The van der Waals surface area contributed by atoms with E-state index in [1.165, 1.54) is 65.7 Å². The van der Waals surface area contributed by atoms with Crippen molar-refractivity contribution in [3.8, 4) is 33.4 Å². The molecular weight excluding hydrogens is 749 g/mol. The molecule has 0 aliphatic rings. The van der Waals surface area contributed by atoms with Crippen LogP contribution >= 0.6 is 0 Å². The molecule has 0 fully saturated rings. The third-order valence-corrected chi connectivity index (χ3v) is 12.0. The quantitative estimate of drug-likeness (QED) is 0.134. The van der Waals surface area contributed by atoms with Gasteiger partial charge in [0.2, 0.25) is 0 Å². The molecule has 0 saturated heterocycles. The van der Waals surface area contributed by atoms with Crippen molar-refractivity contribution in [1.29, 1.82) is 0 Å². The van der Waals surface area contributed by atoms with Crippen LogP contribution in [0, 0.1) is 0 Å². The Kier molecular flexibility index (Phi) is 9.57. The summed E-state index contributed by atoms with van der Waals surface area (Å²) in [6.07, 6.45) is 0. The maximum Gasteiger partial charge on any atom is 0.0468 e. The molecule has 2 heteroatoms. The number of benzene rings is 11. The van der Waals surface area contributed by atoms with E-state index in [1.807, 2.05) is 0 Å². The Balaban J connectivity index is 0.995. The lowest BCUT2D eigenvalue weighted by atomic mass is 9.85. The van der Waals surface area contributed by atoms with Crippen molar-refractivity contribution in [3.05, 3.63) is 255 Å². The highest BCUT2D eigenvalue weighted by Gasteiger charge is 2.19. The minimum absolute atomic E-state index is 1.08. The minimum atomic E-state index is 1.08. The van der Waals surface area contributed by atoms with Crippen LogP contribution in [-0.2, 0) is 0 Å². The maximum absolute atomic E-state index is 2.40. The number of fused-ring (bicyclic) bond motifs is 3.